The minimum atomic E-state index is -1.25. The molecule has 7 nitrogen and oxygen atoms in total. The highest BCUT2D eigenvalue weighted by molar-refractivity contribution is 5.94. The predicted octanol–water partition coefficient (Wildman–Crippen LogP) is 0.0640. The van der Waals surface area contributed by atoms with Crippen LogP contribution in [0, 0.1) is 0 Å². The second kappa shape index (κ2) is 11.2. The molecule has 0 saturated heterocycles. The van der Waals surface area contributed by atoms with Gasteiger partial charge in [-0.05, 0) is 44.0 Å². The standard InChI is InChI=1S/C18H26N2O5/c1-3-5-6-11-19-15(17(22)23)12-16(21)20-14-9-7-13(8-10-14)18(24)25-4-2/h7-10,15,19H,3-6,11-12H2,1-2H3,(H,20,21)(H,22,23)/t15-/m1/s1. The molecular weight excluding hydrogens is 324 g/mol. The number of anilines is 1. The van der Waals surface area contributed by atoms with Crippen molar-refractivity contribution in [2.45, 2.75) is 45.6 Å². The van der Waals surface area contributed by atoms with Gasteiger partial charge in [-0.2, -0.15) is 0 Å². The van der Waals surface area contributed by atoms with Gasteiger partial charge in [-0.25, -0.2) is 4.79 Å². The molecule has 1 aromatic rings. The first-order chi connectivity index (χ1) is 12.0. The summed E-state index contributed by atoms with van der Waals surface area (Å²) < 4.78 is 4.88. The molecule has 0 aliphatic rings. The van der Waals surface area contributed by atoms with Crippen LogP contribution in [-0.2, 0) is 14.3 Å². The quantitative estimate of drug-likeness (QED) is 0.433. The largest absolute Gasteiger partial charge is 0.544 e. The van der Waals surface area contributed by atoms with Crippen molar-refractivity contribution in [2.75, 3.05) is 18.5 Å². The van der Waals surface area contributed by atoms with Crippen molar-refractivity contribution in [2.24, 2.45) is 0 Å². The Morgan fingerprint density at radius 3 is 2.40 bits per heavy atom. The molecule has 0 aliphatic carbocycles. The number of esters is 1. The van der Waals surface area contributed by atoms with E-state index in [2.05, 4.69) is 12.2 Å². The van der Waals surface area contributed by atoms with E-state index < -0.39 is 23.9 Å². The maximum atomic E-state index is 12.0. The fourth-order valence-corrected chi connectivity index (χ4v) is 2.29. The van der Waals surface area contributed by atoms with Gasteiger partial charge in [0, 0.05) is 5.69 Å². The van der Waals surface area contributed by atoms with Crippen molar-refractivity contribution < 1.29 is 29.5 Å². The molecule has 0 heterocycles. The zero-order valence-corrected chi connectivity index (χ0v) is 14.7. The van der Waals surface area contributed by atoms with Crippen LogP contribution in [0.25, 0.3) is 0 Å². The number of ether oxygens (including phenoxy) is 1. The third-order valence-corrected chi connectivity index (χ3v) is 3.65. The molecule has 138 valence electrons. The molecule has 0 bridgehead atoms. The Bertz CT molecular complexity index is 571. The second-order valence-electron chi connectivity index (χ2n) is 5.71. The molecule has 0 saturated carbocycles. The number of amides is 1. The number of carboxylic acid groups (broad SMARTS) is 1. The number of carboxylic acids is 1. The maximum absolute atomic E-state index is 12.0. The number of hydrogen-bond donors (Lipinski definition) is 2. The van der Waals surface area contributed by atoms with Gasteiger partial charge < -0.3 is 25.3 Å². The lowest BCUT2D eigenvalue weighted by Crippen LogP contribution is -2.93. The summed E-state index contributed by atoms with van der Waals surface area (Å²) in [6.45, 7) is 4.72. The SMILES string of the molecule is CCCCC[NH2+][C@H](CC(=O)Nc1ccc(C(=O)OCC)cc1)C(=O)[O-]. The van der Waals surface area contributed by atoms with Crippen LogP contribution in [0.1, 0.15) is 49.9 Å². The summed E-state index contributed by atoms with van der Waals surface area (Å²) in [4.78, 5) is 34.7. The van der Waals surface area contributed by atoms with E-state index in [4.69, 9.17) is 4.74 Å². The van der Waals surface area contributed by atoms with E-state index in [0.717, 1.165) is 19.3 Å². The summed E-state index contributed by atoms with van der Waals surface area (Å²) in [6.07, 6.45) is 2.80. The number of nitrogens with one attached hydrogen (secondary N) is 1. The number of aliphatic carboxylic acids is 1. The van der Waals surface area contributed by atoms with Crippen LogP contribution in [0.3, 0.4) is 0 Å². The molecule has 3 N–H and O–H groups in total. The summed E-state index contributed by atoms with van der Waals surface area (Å²) in [6, 6.07) is 5.32. The van der Waals surface area contributed by atoms with Crippen molar-refractivity contribution in [1.29, 1.82) is 0 Å². The Labute approximate surface area is 147 Å². The van der Waals surface area contributed by atoms with Gasteiger partial charge in [0.25, 0.3) is 0 Å². The van der Waals surface area contributed by atoms with Gasteiger partial charge >= 0.3 is 5.97 Å². The molecule has 0 fully saturated rings. The predicted molar refractivity (Wildman–Crippen MR) is 90.8 cm³/mol. The van der Waals surface area contributed by atoms with Gasteiger partial charge in [-0.15, -0.1) is 0 Å². The number of hydrogen-bond acceptors (Lipinski definition) is 5. The fourth-order valence-electron chi connectivity index (χ4n) is 2.29. The molecular formula is C18H26N2O5. The first-order valence-electron chi connectivity index (χ1n) is 8.59. The van der Waals surface area contributed by atoms with E-state index in [9.17, 15) is 19.5 Å². The maximum Gasteiger partial charge on any atom is 0.338 e. The van der Waals surface area contributed by atoms with Gasteiger partial charge in [0.05, 0.1) is 31.1 Å². The highest BCUT2D eigenvalue weighted by atomic mass is 16.5. The molecule has 1 aromatic carbocycles. The highest BCUT2D eigenvalue weighted by Gasteiger charge is 2.18. The topological polar surface area (TPSA) is 112 Å². The molecule has 1 rings (SSSR count). The smallest absolute Gasteiger partial charge is 0.338 e. The number of quaternary nitrogens is 1. The molecule has 1 atom stereocenters. The van der Waals surface area contributed by atoms with Crippen LogP contribution in [0.2, 0.25) is 0 Å². The molecule has 7 heteroatoms. The summed E-state index contributed by atoms with van der Waals surface area (Å²) in [5.74, 6) is -2.09. The summed E-state index contributed by atoms with van der Waals surface area (Å²) >= 11 is 0. The number of rotatable bonds is 11. The van der Waals surface area contributed by atoms with Crippen molar-refractivity contribution in [3.8, 4) is 0 Å². The minimum Gasteiger partial charge on any atom is -0.544 e. The van der Waals surface area contributed by atoms with Gasteiger partial charge in [0.2, 0.25) is 5.91 Å². The van der Waals surface area contributed by atoms with Crippen molar-refractivity contribution in [3.05, 3.63) is 29.8 Å². The molecule has 0 spiro atoms. The zero-order chi connectivity index (χ0) is 18.7. The number of benzene rings is 1. The van der Waals surface area contributed by atoms with Gasteiger partial charge in [0.15, 0.2) is 0 Å². The first-order valence-corrected chi connectivity index (χ1v) is 8.59. The Hall–Kier alpha value is -2.41. The Morgan fingerprint density at radius 2 is 1.84 bits per heavy atom. The summed E-state index contributed by atoms with van der Waals surface area (Å²) in [7, 11) is 0. The van der Waals surface area contributed by atoms with Crippen LogP contribution in [0.5, 0.6) is 0 Å². The molecule has 0 unspecified atom stereocenters. The summed E-state index contributed by atoms with van der Waals surface area (Å²) in [5.41, 5.74) is 0.873. The van der Waals surface area contributed by atoms with Crippen molar-refractivity contribution >= 4 is 23.5 Å². The number of carbonyl (C=O) groups is 3. The van der Waals surface area contributed by atoms with E-state index >= 15 is 0 Å². The van der Waals surface area contributed by atoms with Gasteiger partial charge in [0.1, 0.15) is 6.04 Å². The van der Waals surface area contributed by atoms with Gasteiger partial charge in [-0.1, -0.05) is 13.3 Å². The number of nitrogens with two attached hydrogens (primary N) is 1. The number of unbranched alkanes of at least 4 members (excludes halogenated alkanes) is 2. The lowest BCUT2D eigenvalue weighted by atomic mass is 10.1. The molecule has 25 heavy (non-hydrogen) atoms. The van der Waals surface area contributed by atoms with Crippen LogP contribution in [0.4, 0.5) is 5.69 Å². The highest BCUT2D eigenvalue weighted by Crippen LogP contribution is 2.11. The molecule has 0 aliphatic heterocycles. The van der Waals surface area contributed by atoms with E-state index in [-0.39, 0.29) is 13.0 Å². The Morgan fingerprint density at radius 1 is 1.16 bits per heavy atom. The van der Waals surface area contributed by atoms with E-state index in [1.807, 2.05) is 0 Å². The molecule has 0 aromatic heterocycles. The van der Waals surface area contributed by atoms with Crippen molar-refractivity contribution in [1.82, 2.24) is 0 Å². The summed E-state index contributed by atoms with van der Waals surface area (Å²) in [5, 5.41) is 15.4. The van der Waals surface area contributed by atoms with Crippen LogP contribution in [0.15, 0.2) is 24.3 Å². The average Bonchev–Trinajstić information content (AvgIpc) is 2.58. The van der Waals surface area contributed by atoms with Crippen molar-refractivity contribution in [3.63, 3.8) is 0 Å². The van der Waals surface area contributed by atoms with Crippen LogP contribution >= 0.6 is 0 Å². The third kappa shape index (κ3) is 7.80. The normalized spacial score (nSPS) is 11.6. The van der Waals surface area contributed by atoms with E-state index in [1.165, 1.54) is 0 Å². The lowest BCUT2D eigenvalue weighted by Gasteiger charge is -2.16. The second-order valence-corrected chi connectivity index (χ2v) is 5.71. The van der Waals surface area contributed by atoms with Gasteiger partial charge in [-0.3, -0.25) is 4.79 Å². The third-order valence-electron chi connectivity index (χ3n) is 3.65. The Kier molecular flexibility index (Phi) is 9.24. The van der Waals surface area contributed by atoms with E-state index in [1.54, 1.807) is 36.5 Å². The molecule has 1 amide bonds. The zero-order valence-electron chi connectivity index (χ0n) is 14.7. The molecule has 0 radical (unpaired) electrons. The van der Waals surface area contributed by atoms with Crippen LogP contribution in [-0.4, -0.2) is 37.0 Å². The van der Waals surface area contributed by atoms with E-state index in [0.29, 0.717) is 17.8 Å². The monoisotopic (exact) mass is 350 g/mol. The Balaban J connectivity index is 2.53. The fraction of sp³-hybridized carbons (Fsp3) is 0.500. The minimum absolute atomic E-state index is 0.173. The first kappa shape index (κ1) is 20.6. The average molecular weight is 350 g/mol. The number of carbonyl (C=O) groups excluding carboxylic acids is 3. The van der Waals surface area contributed by atoms with Crippen LogP contribution < -0.4 is 15.7 Å². The lowest BCUT2D eigenvalue weighted by molar-refractivity contribution is -0.682.